The maximum Gasteiger partial charge on any atom is 0.159 e. The van der Waals surface area contributed by atoms with Crippen molar-refractivity contribution in [3.05, 3.63) is 29.8 Å². The molecule has 0 N–H and O–H groups in total. The number of rotatable bonds is 4. The highest BCUT2D eigenvalue weighted by molar-refractivity contribution is 5.94. The molecule has 2 aliphatic carbocycles. The number of benzene rings is 1. The third-order valence-corrected chi connectivity index (χ3v) is 3.62. The first kappa shape index (κ1) is 8.96. The Bertz CT molecular complexity index is 416. The van der Waals surface area contributed by atoms with Crippen molar-refractivity contribution in [2.75, 3.05) is 6.61 Å². The van der Waals surface area contributed by atoms with Gasteiger partial charge in [-0.25, -0.2) is 0 Å². The standard InChI is InChI=1S/C13H14O2/c1-9(14)10-3-2-4-12(5-10)15-8-13-6-11(13)7-13/h2-5,11H,6-8H2,1H3. The van der Waals surface area contributed by atoms with Crippen LogP contribution in [0.15, 0.2) is 24.3 Å². The van der Waals surface area contributed by atoms with E-state index in [1.807, 2.05) is 24.3 Å². The molecule has 0 bridgehead atoms. The van der Waals surface area contributed by atoms with E-state index in [1.165, 1.54) is 12.8 Å². The van der Waals surface area contributed by atoms with Gasteiger partial charge in [0.05, 0.1) is 6.61 Å². The van der Waals surface area contributed by atoms with Crippen LogP contribution in [-0.4, -0.2) is 12.4 Å². The summed E-state index contributed by atoms with van der Waals surface area (Å²) in [5, 5.41) is 0. The predicted molar refractivity (Wildman–Crippen MR) is 57.1 cm³/mol. The zero-order valence-corrected chi connectivity index (χ0v) is 8.82. The first-order chi connectivity index (χ1) is 7.20. The maximum absolute atomic E-state index is 11.2. The summed E-state index contributed by atoms with van der Waals surface area (Å²) in [5.41, 5.74) is 1.28. The van der Waals surface area contributed by atoms with Crippen LogP contribution in [0.4, 0.5) is 0 Å². The van der Waals surface area contributed by atoms with Crippen LogP contribution in [0.5, 0.6) is 5.75 Å². The monoisotopic (exact) mass is 202 g/mol. The number of ketones is 1. The number of hydrogen-bond donors (Lipinski definition) is 0. The minimum Gasteiger partial charge on any atom is -0.493 e. The van der Waals surface area contributed by atoms with E-state index in [0.717, 1.165) is 23.8 Å². The first-order valence-corrected chi connectivity index (χ1v) is 5.43. The minimum atomic E-state index is 0.0920. The van der Waals surface area contributed by atoms with Crippen molar-refractivity contribution in [3.63, 3.8) is 0 Å². The second kappa shape index (κ2) is 2.84. The molecule has 2 saturated carbocycles. The van der Waals surface area contributed by atoms with Crippen LogP contribution >= 0.6 is 0 Å². The van der Waals surface area contributed by atoms with Crippen molar-refractivity contribution in [3.8, 4) is 5.75 Å². The van der Waals surface area contributed by atoms with E-state index in [0.29, 0.717) is 5.41 Å². The van der Waals surface area contributed by atoms with Crippen LogP contribution in [0.2, 0.25) is 0 Å². The highest BCUT2D eigenvalue weighted by atomic mass is 16.5. The fourth-order valence-electron chi connectivity index (χ4n) is 2.07. The van der Waals surface area contributed by atoms with Gasteiger partial charge in [0.15, 0.2) is 5.78 Å². The van der Waals surface area contributed by atoms with Gasteiger partial charge >= 0.3 is 0 Å². The molecule has 0 radical (unpaired) electrons. The highest BCUT2D eigenvalue weighted by Gasteiger charge is 2.70. The summed E-state index contributed by atoms with van der Waals surface area (Å²) >= 11 is 0. The van der Waals surface area contributed by atoms with Gasteiger partial charge in [0.2, 0.25) is 0 Å². The largest absolute Gasteiger partial charge is 0.493 e. The van der Waals surface area contributed by atoms with Crippen molar-refractivity contribution in [2.24, 2.45) is 11.3 Å². The molecule has 0 heterocycles. The molecule has 0 spiro atoms. The van der Waals surface area contributed by atoms with Gasteiger partial charge in [-0.3, -0.25) is 4.79 Å². The lowest BCUT2D eigenvalue weighted by atomic mass is 10.1. The second-order valence-corrected chi connectivity index (χ2v) is 4.84. The van der Waals surface area contributed by atoms with Crippen LogP contribution < -0.4 is 4.74 Å². The Morgan fingerprint density at radius 3 is 2.87 bits per heavy atom. The number of fused-ring (bicyclic) bond motifs is 1. The van der Waals surface area contributed by atoms with Crippen molar-refractivity contribution in [1.82, 2.24) is 0 Å². The number of ether oxygens (including phenoxy) is 1. The Hall–Kier alpha value is -1.31. The number of hydrogen-bond acceptors (Lipinski definition) is 2. The van der Waals surface area contributed by atoms with Crippen molar-refractivity contribution >= 4 is 5.78 Å². The van der Waals surface area contributed by atoms with E-state index < -0.39 is 0 Å². The Kier molecular flexibility index (Phi) is 1.70. The van der Waals surface area contributed by atoms with Crippen LogP contribution in [0, 0.1) is 11.3 Å². The fourth-order valence-corrected chi connectivity index (χ4v) is 2.07. The second-order valence-electron chi connectivity index (χ2n) is 4.84. The van der Waals surface area contributed by atoms with Gasteiger partial charge in [0.1, 0.15) is 5.75 Å². The average Bonchev–Trinajstić information content (AvgIpc) is 3.04. The van der Waals surface area contributed by atoms with Crippen molar-refractivity contribution < 1.29 is 9.53 Å². The Morgan fingerprint density at radius 2 is 2.27 bits per heavy atom. The van der Waals surface area contributed by atoms with Crippen LogP contribution in [-0.2, 0) is 0 Å². The molecule has 0 unspecified atom stereocenters. The van der Waals surface area contributed by atoms with E-state index in [1.54, 1.807) is 6.92 Å². The average molecular weight is 202 g/mol. The fraction of sp³-hybridized carbons (Fsp3) is 0.462. The summed E-state index contributed by atoms with van der Waals surface area (Å²) in [7, 11) is 0. The molecule has 1 aromatic rings. The minimum absolute atomic E-state index is 0.0920. The van der Waals surface area contributed by atoms with Crippen LogP contribution in [0.25, 0.3) is 0 Å². The lowest BCUT2D eigenvalue weighted by molar-refractivity contribution is 0.101. The Labute approximate surface area is 89.2 Å². The van der Waals surface area contributed by atoms with Gasteiger partial charge in [-0.05, 0) is 37.8 Å². The Balaban J connectivity index is 1.68. The van der Waals surface area contributed by atoms with Gasteiger partial charge < -0.3 is 4.74 Å². The van der Waals surface area contributed by atoms with E-state index in [2.05, 4.69) is 0 Å². The molecule has 1 aromatic carbocycles. The van der Waals surface area contributed by atoms with Crippen LogP contribution in [0.3, 0.4) is 0 Å². The van der Waals surface area contributed by atoms with E-state index in [-0.39, 0.29) is 5.78 Å². The SMILES string of the molecule is CC(=O)c1cccc(OCC23CC2C3)c1. The molecule has 2 heteroatoms. The molecule has 2 aliphatic rings. The highest BCUT2D eigenvalue weighted by Crippen LogP contribution is 2.75. The molecule has 2 fully saturated rings. The lowest BCUT2D eigenvalue weighted by Gasteiger charge is -2.08. The predicted octanol–water partition coefficient (Wildman–Crippen LogP) is 2.68. The normalized spacial score (nSPS) is 30.6. The molecule has 0 amide bonds. The van der Waals surface area contributed by atoms with Gasteiger partial charge in [0, 0.05) is 11.0 Å². The maximum atomic E-state index is 11.2. The molecular formula is C13H14O2. The molecule has 0 aliphatic heterocycles. The molecular weight excluding hydrogens is 188 g/mol. The topological polar surface area (TPSA) is 26.3 Å². The first-order valence-electron chi connectivity index (χ1n) is 5.43. The smallest absolute Gasteiger partial charge is 0.159 e. The molecule has 78 valence electrons. The van der Waals surface area contributed by atoms with Gasteiger partial charge in [-0.2, -0.15) is 0 Å². The van der Waals surface area contributed by atoms with E-state index in [9.17, 15) is 4.79 Å². The van der Waals surface area contributed by atoms with Gasteiger partial charge in [0.25, 0.3) is 0 Å². The number of carbonyl (C=O) groups excluding carboxylic acids is 1. The third-order valence-electron chi connectivity index (χ3n) is 3.62. The zero-order chi connectivity index (χ0) is 10.5. The molecule has 15 heavy (non-hydrogen) atoms. The quantitative estimate of drug-likeness (QED) is 0.702. The summed E-state index contributed by atoms with van der Waals surface area (Å²) < 4.78 is 5.71. The molecule has 2 nitrogen and oxygen atoms in total. The summed E-state index contributed by atoms with van der Waals surface area (Å²) in [6.07, 6.45) is 2.69. The molecule has 0 aromatic heterocycles. The van der Waals surface area contributed by atoms with Crippen molar-refractivity contribution in [2.45, 2.75) is 19.8 Å². The molecule has 0 atom stereocenters. The summed E-state index contributed by atoms with van der Waals surface area (Å²) in [4.78, 5) is 11.2. The molecule has 3 rings (SSSR count). The summed E-state index contributed by atoms with van der Waals surface area (Å²) in [6.45, 7) is 2.41. The summed E-state index contributed by atoms with van der Waals surface area (Å²) in [5.74, 6) is 1.87. The third kappa shape index (κ3) is 1.54. The lowest BCUT2D eigenvalue weighted by Crippen LogP contribution is -2.05. The van der Waals surface area contributed by atoms with Crippen LogP contribution in [0.1, 0.15) is 30.1 Å². The Morgan fingerprint density at radius 1 is 1.53 bits per heavy atom. The van der Waals surface area contributed by atoms with E-state index in [4.69, 9.17) is 4.74 Å². The zero-order valence-electron chi connectivity index (χ0n) is 8.82. The number of Topliss-reactive ketones (excluding diaryl/α,β-unsaturated/α-hetero) is 1. The van der Waals surface area contributed by atoms with Gasteiger partial charge in [-0.1, -0.05) is 12.1 Å². The van der Waals surface area contributed by atoms with Crippen molar-refractivity contribution in [1.29, 1.82) is 0 Å². The van der Waals surface area contributed by atoms with E-state index >= 15 is 0 Å². The number of carbonyl (C=O) groups is 1. The molecule has 0 saturated heterocycles. The summed E-state index contributed by atoms with van der Waals surface area (Å²) in [6, 6.07) is 7.45. The van der Waals surface area contributed by atoms with Gasteiger partial charge in [-0.15, -0.1) is 0 Å².